The minimum atomic E-state index is -0.642. The quantitative estimate of drug-likeness (QED) is 0.558. The van der Waals surface area contributed by atoms with E-state index in [1.165, 1.54) is 18.2 Å². The fourth-order valence-corrected chi connectivity index (χ4v) is 3.41. The fourth-order valence-electron chi connectivity index (χ4n) is 3.41. The molecule has 30 heavy (non-hydrogen) atoms. The van der Waals surface area contributed by atoms with Crippen molar-refractivity contribution >= 4 is 17.6 Å². The number of nitrogens with one attached hydrogen (secondary N) is 3. The smallest absolute Gasteiger partial charge is 0.319 e. The second-order valence-electron chi connectivity index (χ2n) is 7.21. The number of urea groups is 1. The lowest BCUT2D eigenvalue weighted by atomic mass is 9.97. The van der Waals surface area contributed by atoms with Crippen molar-refractivity contribution in [2.45, 2.75) is 44.1 Å². The molecule has 2 aromatic carbocycles. The number of anilines is 1. The number of halogens is 1. The van der Waals surface area contributed by atoms with Gasteiger partial charge in [0.25, 0.3) is 0 Å². The number of aliphatic hydroxyl groups is 1. The van der Waals surface area contributed by atoms with Gasteiger partial charge < -0.3 is 25.8 Å². The molecule has 3 rings (SSSR count). The number of benzene rings is 2. The zero-order valence-electron chi connectivity index (χ0n) is 16.5. The Hall–Kier alpha value is -2.97. The molecule has 1 saturated heterocycles. The molecule has 0 unspecified atom stereocenters. The molecule has 1 aliphatic heterocycles. The summed E-state index contributed by atoms with van der Waals surface area (Å²) in [6, 6.07) is 14.4. The lowest BCUT2D eigenvalue weighted by molar-refractivity contribution is -0.130. The Kier molecular flexibility index (Phi) is 7.75. The standard InChI is InChI=1S/C22H26FN3O4/c23-17-8-4-5-9-18(17)25-22(29)26-19-11-10-16(30-20(19)14-27)12-21(28)24-13-15-6-2-1-3-7-15/h1-9,16,19-20,27H,10-14H2,(H,24,28)(H2,25,26,29)/t16-,19+,20+/m1/s1. The van der Waals surface area contributed by atoms with E-state index in [0.717, 1.165) is 5.56 Å². The summed E-state index contributed by atoms with van der Waals surface area (Å²) in [5.41, 5.74) is 1.08. The molecule has 4 N–H and O–H groups in total. The molecule has 0 aromatic heterocycles. The first-order chi connectivity index (χ1) is 14.5. The average Bonchev–Trinajstić information content (AvgIpc) is 2.75. The van der Waals surface area contributed by atoms with Gasteiger partial charge in [0.15, 0.2) is 0 Å². The van der Waals surface area contributed by atoms with E-state index in [0.29, 0.717) is 19.4 Å². The van der Waals surface area contributed by atoms with Crippen LogP contribution in [0.1, 0.15) is 24.8 Å². The monoisotopic (exact) mass is 415 g/mol. The van der Waals surface area contributed by atoms with Gasteiger partial charge in [-0.2, -0.15) is 0 Å². The summed E-state index contributed by atoms with van der Waals surface area (Å²) in [6.07, 6.45) is 0.284. The van der Waals surface area contributed by atoms with Crippen LogP contribution in [0.3, 0.4) is 0 Å². The summed E-state index contributed by atoms with van der Waals surface area (Å²) in [4.78, 5) is 24.4. The van der Waals surface area contributed by atoms with Crippen LogP contribution in [0.4, 0.5) is 14.9 Å². The highest BCUT2D eigenvalue weighted by molar-refractivity contribution is 5.89. The van der Waals surface area contributed by atoms with Crippen molar-refractivity contribution in [1.29, 1.82) is 0 Å². The Morgan fingerprint density at radius 2 is 1.80 bits per heavy atom. The molecule has 3 atom stereocenters. The molecular weight excluding hydrogens is 389 g/mol. The molecule has 2 aromatic rings. The van der Waals surface area contributed by atoms with Crippen molar-refractivity contribution in [3.63, 3.8) is 0 Å². The maximum Gasteiger partial charge on any atom is 0.319 e. The van der Waals surface area contributed by atoms with E-state index >= 15 is 0 Å². The number of hydrogen-bond acceptors (Lipinski definition) is 4. The van der Waals surface area contributed by atoms with Crippen LogP contribution in [0.25, 0.3) is 0 Å². The van der Waals surface area contributed by atoms with Crippen molar-refractivity contribution in [2.24, 2.45) is 0 Å². The van der Waals surface area contributed by atoms with Crippen molar-refractivity contribution in [1.82, 2.24) is 10.6 Å². The van der Waals surface area contributed by atoms with Crippen molar-refractivity contribution in [3.05, 3.63) is 66.0 Å². The van der Waals surface area contributed by atoms with Gasteiger partial charge in [0.1, 0.15) is 11.9 Å². The van der Waals surface area contributed by atoms with Gasteiger partial charge in [0, 0.05) is 6.54 Å². The topological polar surface area (TPSA) is 99.7 Å². The number of rotatable bonds is 7. The van der Waals surface area contributed by atoms with E-state index in [-0.39, 0.29) is 30.7 Å². The van der Waals surface area contributed by atoms with Crippen LogP contribution in [0.15, 0.2) is 54.6 Å². The predicted octanol–water partition coefficient (Wildman–Crippen LogP) is 2.56. The first-order valence-electron chi connectivity index (χ1n) is 9.94. The maximum absolute atomic E-state index is 13.7. The van der Waals surface area contributed by atoms with Gasteiger partial charge in [-0.3, -0.25) is 4.79 Å². The van der Waals surface area contributed by atoms with Crippen LogP contribution < -0.4 is 16.0 Å². The van der Waals surface area contributed by atoms with Crippen molar-refractivity contribution in [2.75, 3.05) is 11.9 Å². The Bertz CT molecular complexity index is 849. The zero-order valence-corrected chi connectivity index (χ0v) is 16.5. The van der Waals surface area contributed by atoms with E-state index in [1.54, 1.807) is 6.07 Å². The average molecular weight is 415 g/mol. The fraction of sp³-hybridized carbons (Fsp3) is 0.364. The second kappa shape index (κ2) is 10.7. The molecule has 3 amide bonds. The molecule has 7 nitrogen and oxygen atoms in total. The number of carbonyl (C=O) groups excluding carboxylic acids is 2. The van der Waals surface area contributed by atoms with E-state index in [1.807, 2.05) is 30.3 Å². The minimum absolute atomic E-state index is 0.0697. The molecular formula is C22H26FN3O4. The third-order valence-corrected chi connectivity index (χ3v) is 4.98. The Morgan fingerprint density at radius 1 is 1.07 bits per heavy atom. The van der Waals surface area contributed by atoms with E-state index in [4.69, 9.17) is 4.74 Å². The summed E-state index contributed by atoms with van der Waals surface area (Å²) in [5, 5.41) is 17.7. The Morgan fingerprint density at radius 3 is 2.53 bits per heavy atom. The normalized spacial score (nSPS) is 20.9. The summed E-state index contributed by atoms with van der Waals surface area (Å²) in [7, 11) is 0. The zero-order chi connectivity index (χ0) is 21.3. The van der Waals surface area contributed by atoms with E-state index in [9.17, 15) is 19.1 Å². The van der Waals surface area contributed by atoms with Crippen LogP contribution in [0.2, 0.25) is 0 Å². The molecule has 0 aliphatic carbocycles. The molecule has 0 saturated carbocycles. The molecule has 0 radical (unpaired) electrons. The van der Waals surface area contributed by atoms with Crippen LogP contribution in [0, 0.1) is 5.82 Å². The van der Waals surface area contributed by atoms with Crippen LogP contribution in [-0.2, 0) is 16.1 Å². The lowest BCUT2D eigenvalue weighted by Gasteiger charge is -2.35. The van der Waals surface area contributed by atoms with Crippen molar-refractivity contribution < 1.29 is 23.8 Å². The summed E-state index contributed by atoms with van der Waals surface area (Å²) < 4.78 is 19.5. The number of hydrogen-bond donors (Lipinski definition) is 4. The highest BCUT2D eigenvalue weighted by Gasteiger charge is 2.33. The highest BCUT2D eigenvalue weighted by Crippen LogP contribution is 2.22. The van der Waals surface area contributed by atoms with Gasteiger partial charge in [-0.05, 0) is 30.5 Å². The summed E-state index contributed by atoms with van der Waals surface area (Å²) in [5.74, 6) is -0.669. The van der Waals surface area contributed by atoms with Crippen LogP contribution in [0.5, 0.6) is 0 Å². The molecule has 1 fully saturated rings. The number of carbonyl (C=O) groups is 2. The molecule has 1 heterocycles. The lowest BCUT2D eigenvalue weighted by Crippen LogP contribution is -2.52. The molecule has 0 bridgehead atoms. The third kappa shape index (κ3) is 6.27. The molecule has 160 valence electrons. The van der Waals surface area contributed by atoms with Gasteiger partial charge >= 0.3 is 6.03 Å². The second-order valence-corrected chi connectivity index (χ2v) is 7.21. The van der Waals surface area contributed by atoms with Crippen molar-refractivity contribution in [3.8, 4) is 0 Å². The number of amides is 3. The third-order valence-electron chi connectivity index (χ3n) is 4.98. The van der Waals surface area contributed by atoms with Gasteiger partial charge in [-0.25, -0.2) is 9.18 Å². The van der Waals surface area contributed by atoms with Gasteiger partial charge in [-0.15, -0.1) is 0 Å². The van der Waals surface area contributed by atoms with Gasteiger partial charge in [0.2, 0.25) is 5.91 Å². The first kappa shape index (κ1) is 21.7. The van der Waals surface area contributed by atoms with Crippen LogP contribution >= 0.6 is 0 Å². The molecule has 0 spiro atoms. The number of aliphatic hydroxyl groups excluding tert-OH is 1. The van der Waals surface area contributed by atoms with Crippen LogP contribution in [-0.4, -0.2) is 41.9 Å². The maximum atomic E-state index is 13.7. The summed E-state index contributed by atoms with van der Waals surface area (Å²) >= 11 is 0. The first-order valence-corrected chi connectivity index (χ1v) is 9.94. The highest BCUT2D eigenvalue weighted by atomic mass is 19.1. The summed E-state index contributed by atoms with van der Waals surface area (Å²) in [6.45, 7) is 0.142. The Labute approximate surface area is 174 Å². The SMILES string of the molecule is O=C(C[C@H]1CC[C@H](NC(=O)Nc2ccccc2F)[C@H](CO)O1)NCc1ccccc1. The van der Waals surface area contributed by atoms with E-state index in [2.05, 4.69) is 16.0 Å². The molecule has 8 heteroatoms. The minimum Gasteiger partial charge on any atom is -0.394 e. The van der Waals surface area contributed by atoms with Gasteiger partial charge in [0.05, 0.1) is 30.9 Å². The van der Waals surface area contributed by atoms with Gasteiger partial charge in [-0.1, -0.05) is 42.5 Å². The number of ether oxygens (including phenoxy) is 1. The number of para-hydroxylation sites is 1. The van der Waals surface area contributed by atoms with E-state index < -0.39 is 24.0 Å². The largest absolute Gasteiger partial charge is 0.394 e. The molecule has 1 aliphatic rings. The predicted molar refractivity (Wildman–Crippen MR) is 110 cm³/mol. The Balaban J connectivity index is 1.45.